The zero-order valence-corrected chi connectivity index (χ0v) is 72.5. The summed E-state index contributed by atoms with van der Waals surface area (Å²) in [5.74, 6) is 2.00. The molecule has 0 aromatic carbocycles. The van der Waals surface area contributed by atoms with Gasteiger partial charge in [-0.25, -0.2) is 0 Å². The first kappa shape index (κ1) is 104. The Morgan fingerprint density at radius 1 is 0.205 bits per heavy atom. The minimum absolute atomic E-state index is 0.437. The molecule has 0 spiro atoms. The lowest BCUT2D eigenvalue weighted by Crippen LogP contribution is -2.28. The fraction of sp³-hybridized carbons (Fsp3) is 1.00. The van der Waals surface area contributed by atoms with Crippen LogP contribution in [-0.2, 0) is 0 Å². The normalized spacial score (nSPS) is 15.3. The predicted molar refractivity (Wildman–Crippen MR) is 422 cm³/mol. The van der Waals surface area contributed by atoms with E-state index in [9.17, 15) is 0 Å². The molecule has 0 atom stereocenters. The molecule has 0 heterocycles. The van der Waals surface area contributed by atoms with E-state index in [1.807, 2.05) is 0 Å². The second-order valence-corrected chi connectivity index (χ2v) is 42.7. The van der Waals surface area contributed by atoms with Gasteiger partial charge < -0.3 is 0 Å². The van der Waals surface area contributed by atoms with Gasteiger partial charge in [0.05, 0.1) is 0 Å². The maximum atomic E-state index is 2.38. The van der Waals surface area contributed by atoms with Crippen LogP contribution in [0.4, 0.5) is 0 Å². The van der Waals surface area contributed by atoms with Gasteiger partial charge in [0.25, 0.3) is 0 Å². The summed E-state index contributed by atoms with van der Waals surface area (Å²) >= 11 is 0. The lowest BCUT2D eigenvalue weighted by atomic mass is 9.68. The van der Waals surface area contributed by atoms with Gasteiger partial charge in [-0.3, -0.25) is 0 Å². The second kappa shape index (κ2) is 47.8. The summed E-state index contributed by atoms with van der Waals surface area (Å²) in [6.45, 7) is 106. The Balaban J connectivity index is -0.000000135. The van der Waals surface area contributed by atoms with Crippen LogP contribution in [-0.4, -0.2) is 0 Å². The molecule has 0 aromatic rings. The zero-order chi connectivity index (χ0) is 72.5. The van der Waals surface area contributed by atoms with Crippen molar-refractivity contribution in [1.82, 2.24) is 0 Å². The number of hydrogen-bond donors (Lipinski definition) is 0. The smallest absolute Gasteiger partial charge is 0.0308 e. The van der Waals surface area contributed by atoms with Gasteiger partial charge in [0, 0.05) is 0 Å². The largest absolute Gasteiger partial charge is 0.0654 e. The molecule has 2 rings (SSSR count). The van der Waals surface area contributed by atoms with Crippen molar-refractivity contribution in [3.63, 3.8) is 0 Å². The average molecular weight is 1250 g/mol. The van der Waals surface area contributed by atoms with Crippen LogP contribution in [0.15, 0.2) is 0 Å². The van der Waals surface area contributed by atoms with Crippen LogP contribution >= 0.6 is 0 Å². The van der Waals surface area contributed by atoms with Crippen molar-refractivity contribution in [3.05, 3.63) is 0 Å². The summed E-state index contributed by atoms with van der Waals surface area (Å²) < 4.78 is 0. The van der Waals surface area contributed by atoms with Crippen LogP contribution in [0.3, 0.4) is 0 Å². The van der Waals surface area contributed by atoms with Crippen molar-refractivity contribution in [2.75, 3.05) is 0 Å². The van der Waals surface area contributed by atoms with Crippen LogP contribution in [0.5, 0.6) is 0 Å². The summed E-state index contributed by atoms with van der Waals surface area (Å²) in [6.07, 6.45) is 36.5. The third-order valence-corrected chi connectivity index (χ3v) is 21.6. The molecule has 0 nitrogen and oxygen atoms in total. The predicted octanol–water partition coefficient (Wildman–Crippen LogP) is 34.0. The third-order valence-electron chi connectivity index (χ3n) is 21.6. The van der Waals surface area contributed by atoms with Gasteiger partial charge in [-0.2, -0.15) is 0 Å². The first-order chi connectivity index (χ1) is 38.6. The highest BCUT2D eigenvalue weighted by Gasteiger charge is 2.32. The number of unbranched alkanes of at least 4 members (excludes halogenated alkanes) is 6. The van der Waals surface area contributed by atoms with Crippen LogP contribution < -0.4 is 0 Å². The molecule has 2 saturated carbocycles. The summed E-state index contributed by atoms with van der Waals surface area (Å²) in [4.78, 5) is 0. The van der Waals surface area contributed by atoms with Crippen molar-refractivity contribution < 1.29 is 0 Å². The summed E-state index contributed by atoms with van der Waals surface area (Å²) in [6, 6.07) is 0. The quantitative estimate of drug-likeness (QED) is 0.171. The first-order valence-corrected chi connectivity index (χ1v) is 38.6. The highest BCUT2D eigenvalue weighted by molar-refractivity contribution is 4.83. The Hall–Kier alpha value is 0. The Kier molecular flexibility index (Phi) is 56.6. The molecule has 2 fully saturated rings. The minimum Gasteiger partial charge on any atom is -0.0654 e. The van der Waals surface area contributed by atoms with Gasteiger partial charge in [-0.05, 0) is 139 Å². The van der Waals surface area contributed by atoms with Gasteiger partial charge in [0.1, 0.15) is 0 Å². The Labute approximate surface area is 570 Å². The van der Waals surface area contributed by atoms with E-state index in [1.54, 1.807) is 0 Å². The van der Waals surface area contributed by atoms with Crippen molar-refractivity contribution in [2.45, 2.75) is 485 Å². The SMILES string of the molecule is CC(C)(C)C(C)(C)C.CC(C)(C)C(C)(C)C.CC(C)(C)C1CCCCC1.CC(C)(C)C1CCCCC1.CCC(C)(C)C(C)(C)C.CCC(C)(C)C(C)(C)C.CCCCC(C)(C)C.CCCCC(C)(C)C.CCCCCC(C)(C)C.CCCCCC(C)(C)C. The maximum Gasteiger partial charge on any atom is -0.0308 e. The molecule has 0 bridgehead atoms. The van der Waals surface area contributed by atoms with Gasteiger partial charge in [0.2, 0.25) is 0 Å². The zero-order valence-electron chi connectivity index (χ0n) is 72.5. The molecule has 0 N–H and O–H groups in total. The Bertz CT molecular complexity index is 1320. The molecule has 2 aliphatic carbocycles. The second-order valence-electron chi connectivity index (χ2n) is 42.7. The maximum absolute atomic E-state index is 2.38. The van der Waals surface area contributed by atoms with E-state index in [0.717, 1.165) is 11.8 Å². The molecule has 2 aliphatic rings. The third kappa shape index (κ3) is 73.4. The number of rotatable bonds is 12. The highest BCUT2D eigenvalue weighted by atomic mass is 14.4. The molecule has 0 radical (unpaired) electrons. The molecule has 0 aliphatic heterocycles. The van der Waals surface area contributed by atoms with Crippen molar-refractivity contribution in [1.29, 1.82) is 0 Å². The summed E-state index contributed by atoms with van der Waals surface area (Å²) in [7, 11) is 0. The van der Waals surface area contributed by atoms with Gasteiger partial charge in [-0.1, -0.05) is 434 Å². The van der Waals surface area contributed by atoms with Crippen LogP contribution in [0, 0.1) is 87.6 Å². The van der Waals surface area contributed by atoms with Crippen LogP contribution in [0.2, 0.25) is 0 Å². The molecule has 0 unspecified atom stereocenters. The number of hydrogen-bond acceptors (Lipinski definition) is 0. The fourth-order valence-corrected chi connectivity index (χ4v) is 8.22. The van der Waals surface area contributed by atoms with Crippen LogP contribution in [0.25, 0.3) is 0 Å². The van der Waals surface area contributed by atoms with Gasteiger partial charge in [-0.15, -0.1) is 0 Å². The van der Waals surface area contributed by atoms with E-state index in [1.165, 1.54) is 167 Å². The molecule has 0 saturated heterocycles. The molecular formula is C88H192. The lowest BCUT2D eigenvalue weighted by Gasteiger charge is -2.37. The van der Waals surface area contributed by atoms with E-state index < -0.39 is 0 Å². The topological polar surface area (TPSA) is 0 Å². The van der Waals surface area contributed by atoms with Crippen molar-refractivity contribution in [3.8, 4) is 0 Å². The molecule has 0 amide bonds. The first-order valence-electron chi connectivity index (χ1n) is 38.6. The summed E-state index contributed by atoms with van der Waals surface area (Å²) in [5.41, 5.74) is 6.95. The minimum atomic E-state index is 0.437. The van der Waals surface area contributed by atoms with Crippen molar-refractivity contribution in [2.24, 2.45) is 87.6 Å². The highest BCUT2D eigenvalue weighted by Crippen LogP contribution is 2.43. The monoisotopic (exact) mass is 1250 g/mol. The molecular weight excluding hydrogens is 1060 g/mol. The Morgan fingerprint density at radius 3 is 0.455 bits per heavy atom. The van der Waals surface area contributed by atoms with Gasteiger partial charge in [0.15, 0.2) is 0 Å². The van der Waals surface area contributed by atoms with E-state index >= 15 is 0 Å². The fourth-order valence-electron chi connectivity index (χ4n) is 8.22. The molecule has 88 heavy (non-hydrogen) atoms. The van der Waals surface area contributed by atoms with E-state index in [4.69, 9.17) is 0 Å². The summed E-state index contributed by atoms with van der Waals surface area (Å²) in [5, 5.41) is 0. The standard InChI is InChI=1S/2C10H20.4C9H20.4C8H18/c2*1-10(2,3)9-7-5-4-6-8-9;2*1-7-9(5,6)8(2,3)4;2*1-5-6-7-8-9(2,3)4;2*1-7(2,3)8(4,5)6;2*1-5-6-7-8(2,3)4/h2*9H,4-8H2,1-3H3;2*7H2,1-6H3;2*5-8H2,1-4H3;2*1-6H3;2*5-7H2,1-4H3. The molecule has 0 aromatic heterocycles. The Morgan fingerprint density at radius 2 is 0.375 bits per heavy atom. The lowest BCUT2D eigenvalue weighted by molar-refractivity contribution is 0.126. The molecule has 0 heteroatoms. The van der Waals surface area contributed by atoms with E-state index in [0.29, 0.717) is 75.8 Å². The van der Waals surface area contributed by atoms with E-state index in [2.05, 4.69) is 318 Å². The molecule has 544 valence electrons. The van der Waals surface area contributed by atoms with E-state index in [-0.39, 0.29) is 0 Å². The van der Waals surface area contributed by atoms with Crippen molar-refractivity contribution >= 4 is 0 Å². The van der Waals surface area contributed by atoms with Gasteiger partial charge >= 0.3 is 0 Å². The average Bonchev–Trinajstić information content (AvgIpc) is 3.31. The van der Waals surface area contributed by atoms with Crippen LogP contribution in [0.1, 0.15) is 485 Å².